The lowest BCUT2D eigenvalue weighted by molar-refractivity contribution is 0.103. The zero-order valence-electron chi connectivity index (χ0n) is 13.3. The fourth-order valence-electron chi connectivity index (χ4n) is 2.44. The highest BCUT2D eigenvalue weighted by Crippen LogP contribution is 2.33. The van der Waals surface area contributed by atoms with Crippen molar-refractivity contribution >= 4 is 61.4 Å². The predicted octanol–water partition coefficient (Wildman–Crippen LogP) is 5.08. The van der Waals surface area contributed by atoms with E-state index < -0.39 is 0 Å². The number of nitrogens with zero attached hydrogens (tertiary/aromatic N) is 1. The average molecular weight is 451 g/mol. The van der Waals surface area contributed by atoms with Crippen LogP contribution < -0.4 is 11.1 Å². The van der Waals surface area contributed by atoms with Gasteiger partial charge in [0.2, 0.25) is 0 Å². The Morgan fingerprint density at radius 1 is 1.29 bits per heavy atom. The van der Waals surface area contributed by atoms with Crippen molar-refractivity contribution in [2.24, 2.45) is 0 Å². The molecule has 0 atom stereocenters. The zero-order valence-corrected chi connectivity index (χ0v) is 16.3. The summed E-state index contributed by atoms with van der Waals surface area (Å²) < 4.78 is 0.989. The van der Waals surface area contributed by atoms with Gasteiger partial charge in [-0.1, -0.05) is 25.5 Å². The number of aromatic nitrogens is 1. The summed E-state index contributed by atoms with van der Waals surface area (Å²) in [6.45, 7) is 2.16. The molecule has 0 radical (unpaired) electrons. The van der Waals surface area contributed by atoms with Gasteiger partial charge in [-0.3, -0.25) is 4.79 Å². The molecule has 0 aliphatic rings. The van der Waals surface area contributed by atoms with Gasteiger partial charge in [0.1, 0.15) is 9.71 Å². The van der Waals surface area contributed by atoms with Crippen molar-refractivity contribution in [1.82, 2.24) is 4.98 Å². The lowest BCUT2D eigenvalue weighted by Crippen LogP contribution is -2.12. The number of nitrogens with two attached hydrogens (primary N) is 1. The van der Waals surface area contributed by atoms with Gasteiger partial charge in [-0.2, -0.15) is 0 Å². The molecule has 1 amide bonds. The number of fused-ring (bicyclic) bond motifs is 1. The number of rotatable bonds is 5. The largest absolute Gasteiger partial charge is 0.397 e. The summed E-state index contributed by atoms with van der Waals surface area (Å²) >= 11 is 3.55. The zero-order chi connectivity index (χ0) is 17.1. The standard InChI is InChI=1S/C18H18IN3OS/c1-2-3-6-11-9-10-12-15(20)16(24-18(12)21-11)17(23)22-14-8-5-4-7-13(14)19/h4-5,7-10H,2-3,6,20H2,1H3,(H,22,23). The number of hydrogen-bond donors (Lipinski definition) is 2. The number of para-hydroxylation sites is 1. The highest BCUT2D eigenvalue weighted by molar-refractivity contribution is 14.1. The van der Waals surface area contributed by atoms with Gasteiger partial charge < -0.3 is 11.1 Å². The van der Waals surface area contributed by atoms with Crippen molar-refractivity contribution in [1.29, 1.82) is 0 Å². The molecule has 0 spiro atoms. The first-order valence-electron chi connectivity index (χ1n) is 7.84. The monoisotopic (exact) mass is 451 g/mol. The molecule has 3 rings (SSSR count). The maximum Gasteiger partial charge on any atom is 0.267 e. The molecule has 2 heterocycles. The summed E-state index contributed by atoms with van der Waals surface area (Å²) in [5, 5.41) is 3.79. The quantitative estimate of drug-likeness (QED) is 0.532. The van der Waals surface area contributed by atoms with E-state index in [1.807, 2.05) is 36.4 Å². The molecular weight excluding hydrogens is 433 g/mol. The van der Waals surface area contributed by atoms with Gasteiger partial charge in [0, 0.05) is 14.7 Å². The number of thiophene rings is 1. The second kappa shape index (κ2) is 7.48. The third kappa shape index (κ3) is 3.54. The fraction of sp³-hybridized carbons (Fsp3) is 0.222. The smallest absolute Gasteiger partial charge is 0.267 e. The first-order chi connectivity index (χ1) is 11.6. The van der Waals surface area contributed by atoms with Crippen molar-refractivity contribution in [2.45, 2.75) is 26.2 Å². The number of unbranched alkanes of at least 4 members (excludes halogenated alkanes) is 1. The Bertz CT molecular complexity index is 891. The van der Waals surface area contributed by atoms with Crippen LogP contribution in [0.3, 0.4) is 0 Å². The van der Waals surface area contributed by atoms with Gasteiger partial charge in [-0.05, 0) is 59.7 Å². The van der Waals surface area contributed by atoms with Crippen LogP contribution in [0.2, 0.25) is 0 Å². The number of nitrogens with one attached hydrogen (secondary N) is 1. The molecule has 0 aliphatic carbocycles. The van der Waals surface area contributed by atoms with E-state index in [0.717, 1.165) is 44.4 Å². The number of nitrogen functional groups attached to an aromatic ring is 1. The van der Waals surface area contributed by atoms with E-state index in [0.29, 0.717) is 10.6 Å². The molecule has 3 aromatic rings. The van der Waals surface area contributed by atoms with Crippen molar-refractivity contribution in [3.8, 4) is 0 Å². The van der Waals surface area contributed by atoms with E-state index in [1.165, 1.54) is 11.3 Å². The van der Waals surface area contributed by atoms with E-state index >= 15 is 0 Å². The van der Waals surface area contributed by atoms with Crippen molar-refractivity contribution in [2.75, 3.05) is 11.1 Å². The summed E-state index contributed by atoms with van der Waals surface area (Å²) in [5.41, 5.74) is 8.54. The SMILES string of the molecule is CCCCc1ccc2c(N)c(C(=O)Nc3ccccc3I)sc2n1. The second-order valence-corrected chi connectivity index (χ2v) is 7.70. The lowest BCUT2D eigenvalue weighted by atomic mass is 10.1. The molecule has 2 aromatic heterocycles. The molecule has 0 aliphatic heterocycles. The van der Waals surface area contributed by atoms with Crippen LogP contribution in [0.1, 0.15) is 35.1 Å². The Balaban J connectivity index is 1.90. The molecule has 3 N–H and O–H groups in total. The number of carbonyl (C=O) groups excluding carboxylic acids is 1. The number of halogens is 1. The summed E-state index contributed by atoms with van der Waals surface area (Å²) in [5.74, 6) is -0.185. The van der Waals surface area contributed by atoms with E-state index in [2.05, 4.69) is 39.8 Å². The molecule has 24 heavy (non-hydrogen) atoms. The highest BCUT2D eigenvalue weighted by atomic mass is 127. The minimum atomic E-state index is -0.185. The van der Waals surface area contributed by atoms with Gasteiger partial charge in [0.15, 0.2) is 0 Å². The molecular formula is C18H18IN3OS. The second-order valence-electron chi connectivity index (χ2n) is 5.54. The van der Waals surface area contributed by atoms with Crippen LogP contribution in [0.5, 0.6) is 0 Å². The van der Waals surface area contributed by atoms with Crippen LogP contribution in [-0.4, -0.2) is 10.9 Å². The number of pyridine rings is 1. The Morgan fingerprint density at radius 2 is 2.08 bits per heavy atom. The van der Waals surface area contributed by atoms with Crippen molar-refractivity contribution < 1.29 is 4.79 Å². The minimum Gasteiger partial charge on any atom is -0.397 e. The number of aryl methyl sites for hydroxylation is 1. The highest BCUT2D eigenvalue weighted by Gasteiger charge is 2.18. The maximum absolute atomic E-state index is 12.6. The van der Waals surface area contributed by atoms with Crippen LogP contribution >= 0.6 is 33.9 Å². The van der Waals surface area contributed by atoms with Gasteiger partial charge in [-0.25, -0.2) is 4.98 Å². The van der Waals surface area contributed by atoms with E-state index in [4.69, 9.17) is 5.73 Å². The van der Waals surface area contributed by atoms with Crippen molar-refractivity contribution in [3.05, 3.63) is 50.5 Å². The number of amides is 1. The summed E-state index contributed by atoms with van der Waals surface area (Å²) in [6.07, 6.45) is 3.20. The number of carbonyl (C=O) groups is 1. The predicted molar refractivity (Wildman–Crippen MR) is 110 cm³/mol. The van der Waals surface area contributed by atoms with Gasteiger partial charge in [0.25, 0.3) is 5.91 Å². The summed E-state index contributed by atoms with van der Waals surface area (Å²) in [6, 6.07) is 11.6. The molecule has 1 aromatic carbocycles. The molecule has 6 heteroatoms. The third-order valence-corrected chi connectivity index (χ3v) is 5.82. The van der Waals surface area contributed by atoms with E-state index in [-0.39, 0.29) is 5.91 Å². The topological polar surface area (TPSA) is 68.0 Å². The summed E-state index contributed by atoms with van der Waals surface area (Å²) in [7, 11) is 0. The molecule has 124 valence electrons. The number of hydrogen-bond acceptors (Lipinski definition) is 4. The number of anilines is 2. The number of benzene rings is 1. The molecule has 0 unspecified atom stereocenters. The van der Waals surface area contributed by atoms with Gasteiger partial charge >= 0.3 is 0 Å². The molecule has 4 nitrogen and oxygen atoms in total. The normalized spacial score (nSPS) is 10.9. The first-order valence-corrected chi connectivity index (χ1v) is 9.73. The average Bonchev–Trinajstić information content (AvgIpc) is 2.91. The minimum absolute atomic E-state index is 0.185. The van der Waals surface area contributed by atoms with Crippen LogP contribution in [0, 0.1) is 3.57 Å². The van der Waals surface area contributed by atoms with Crippen LogP contribution in [0.15, 0.2) is 36.4 Å². The van der Waals surface area contributed by atoms with Crippen LogP contribution in [0.4, 0.5) is 11.4 Å². The lowest BCUT2D eigenvalue weighted by Gasteiger charge is -2.06. The fourth-order valence-corrected chi connectivity index (χ4v) is 3.97. The molecule has 0 fully saturated rings. The molecule has 0 bridgehead atoms. The van der Waals surface area contributed by atoms with Crippen LogP contribution in [0.25, 0.3) is 10.2 Å². The Hall–Kier alpha value is -1.67. The molecule has 0 saturated carbocycles. The maximum atomic E-state index is 12.6. The Kier molecular flexibility index (Phi) is 5.35. The van der Waals surface area contributed by atoms with E-state index in [1.54, 1.807) is 0 Å². The summed E-state index contributed by atoms with van der Waals surface area (Å²) in [4.78, 5) is 18.6. The Labute approximate surface area is 158 Å². The molecule has 0 saturated heterocycles. The first kappa shape index (κ1) is 17.2. The third-order valence-electron chi connectivity index (χ3n) is 3.77. The van der Waals surface area contributed by atoms with E-state index in [9.17, 15) is 4.79 Å². The van der Waals surface area contributed by atoms with Gasteiger partial charge in [0.05, 0.1) is 11.4 Å². The van der Waals surface area contributed by atoms with Crippen LogP contribution in [-0.2, 0) is 6.42 Å². The van der Waals surface area contributed by atoms with Crippen molar-refractivity contribution in [3.63, 3.8) is 0 Å². The van der Waals surface area contributed by atoms with Gasteiger partial charge in [-0.15, -0.1) is 11.3 Å². The Morgan fingerprint density at radius 3 is 2.83 bits per heavy atom.